The van der Waals surface area contributed by atoms with Crippen LogP contribution in [-0.4, -0.2) is 25.2 Å². The number of carbonyl (C=O) groups is 1. The van der Waals surface area contributed by atoms with E-state index >= 15 is 0 Å². The highest BCUT2D eigenvalue weighted by molar-refractivity contribution is 6.03. The Balaban J connectivity index is 1.71. The molecule has 0 aliphatic rings. The molecule has 0 spiro atoms. The minimum Gasteiger partial charge on any atom is -0.493 e. The predicted octanol–water partition coefficient (Wildman–Crippen LogP) is 4.69. The third kappa shape index (κ3) is 4.68. The van der Waals surface area contributed by atoms with Gasteiger partial charge in [-0.2, -0.15) is 0 Å². The van der Waals surface area contributed by atoms with Crippen molar-refractivity contribution >= 4 is 17.7 Å². The van der Waals surface area contributed by atoms with Gasteiger partial charge in [0.05, 0.1) is 24.1 Å². The van der Waals surface area contributed by atoms with Gasteiger partial charge in [0, 0.05) is 13.1 Å². The Labute approximate surface area is 174 Å². The van der Waals surface area contributed by atoms with Gasteiger partial charge < -0.3 is 18.9 Å². The minimum absolute atomic E-state index is 0.216. The first kappa shape index (κ1) is 21.1. The van der Waals surface area contributed by atoms with E-state index in [-0.39, 0.29) is 11.6 Å². The van der Waals surface area contributed by atoms with Crippen LogP contribution in [-0.2, 0) is 11.4 Å². The van der Waals surface area contributed by atoms with Crippen LogP contribution in [0.25, 0.3) is 6.08 Å². The molecule has 3 rings (SSSR count). The average molecular weight is 410 g/mol. The molecule has 0 unspecified atom stereocenters. The molecule has 0 fully saturated rings. The normalized spacial score (nSPS) is 11.0. The third-order valence-corrected chi connectivity index (χ3v) is 4.70. The Morgan fingerprint density at radius 3 is 2.63 bits per heavy atom. The largest absolute Gasteiger partial charge is 0.493 e. The molecular weight excluding hydrogens is 387 g/mol. The van der Waals surface area contributed by atoms with Gasteiger partial charge in [-0.1, -0.05) is 23.4 Å². The molecule has 2 aromatic carbocycles. The number of likely N-dealkylation sites (N-methyl/N-ethyl adjacent to an activating group) is 1. The fourth-order valence-electron chi connectivity index (χ4n) is 2.89. The molecule has 3 aromatic rings. The highest BCUT2D eigenvalue weighted by Crippen LogP contribution is 2.30. The van der Waals surface area contributed by atoms with Crippen LogP contribution in [0.2, 0.25) is 0 Å². The number of para-hydroxylation sites is 1. The van der Waals surface area contributed by atoms with Gasteiger partial charge in [0.15, 0.2) is 11.5 Å². The molecule has 6 nitrogen and oxygen atoms in total. The summed E-state index contributed by atoms with van der Waals surface area (Å²) in [6.07, 6.45) is 3.02. The molecule has 1 heterocycles. The Morgan fingerprint density at radius 1 is 1.20 bits per heavy atom. The van der Waals surface area contributed by atoms with Crippen molar-refractivity contribution in [1.29, 1.82) is 0 Å². The summed E-state index contributed by atoms with van der Waals surface area (Å²) in [7, 11) is 3.07. The van der Waals surface area contributed by atoms with Gasteiger partial charge in [-0.15, -0.1) is 0 Å². The number of hydrogen-bond donors (Lipinski definition) is 0. The van der Waals surface area contributed by atoms with Crippen molar-refractivity contribution in [1.82, 2.24) is 5.16 Å². The van der Waals surface area contributed by atoms with Gasteiger partial charge in [0.1, 0.15) is 18.2 Å². The second kappa shape index (κ2) is 9.26. The molecule has 0 saturated heterocycles. The van der Waals surface area contributed by atoms with Crippen molar-refractivity contribution < 1.29 is 23.2 Å². The van der Waals surface area contributed by atoms with E-state index in [0.717, 1.165) is 16.8 Å². The summed E-state index contributed by atoms with van der Waals surface area (Å²) in [4.78, 5) is 13.6. The lowest BCUT2D eigenvalue weighted by Gasteiger charge is -2.15. The Hall–Kier alpha value is -3.61. The number of ether oxygens (including phenoxy) is 2. The van der Waals surface area contributed by atoms with E-state index in [1.165, 1.54) is 24.1 Å². The van der Waals surface area contributed by atoms with E-state index in [1.807, 2.05) is 13.8 Å². The average Bonchev–Trinajstić information content (AvgIpc) is 3.07. The van der Waals surface area contributed by atoms with Gasteiger partial charge in [-0.05, 0) is 49.8 Å². The molecule has 156 valence electrons. The molecule has 0 saturated carbocycles. The number of benzene rings is 2. The lowest BCUT2D eigenvalue weighted by Crippen LogP contribution is -2.24. The summed E-state index contributed by atoms with van der Waals surface area (Å²) in [5.41, 5.74) is 2.63. The molecule has 0 radical (unpaired) electrons. The fourth-order valence-corrected chi connectivity index (χ4v) is 2.89. The topological polar surface area (TPSA) is 64.8 Å². The van der Waals surface area contributed by atoms with Crippen molar-refractivity contribution in [2.45, 2.75) is 20.5 Å². The van der Waals surface area contributed by atoms with E-state index in [9.17, 15) is 9.18 Å². The van der Waals surface area contributed by atoms with Crippen molar-refractivity contribution in [3.63, 3.8) is 0 Å². The van der Waals surface area contributed by atoms with Crippen LogP contribution in [0, 0.1) is 19.7 Å². The maximum Gasteiger partial charge on any atom is 0.250 e. The smallest absolute Gasteiger partial charge is 0.250 e. The van der Waals surface area contributed by atoms with Crippen LogP contribution in [0.5, 0.6) is 11.5 Å². The summed E-state index contributed by atoms with van der Waals surface area (Å²) in [6.45, 7) is 3.99. The van der Waals surface area contributed by atoms with E-state index in [2.05, 4.69) is 5.16 Å². The molecule has 0 bridgehead atoms. The molecule has 0 atom stereocenters. The first-order chi connectivity index (χ1) is 14.4. The number of anilines is 1. The van der Waals surface area contributed by atoms with Crippen LogP contribution >= 0.6 is 0 Å². The van der Waals surface area contributed by atoms with Crippen LogP contribution in [0.4, 0.5) is 10.1 Å². The zero-order valence-corrected chi connectivity index (χ0v) is 17.3. The first-order valence-corrected chi connectivity index (χ1v) is 9.33. The van der Waals surface area contributed by atoms with Crippen LogP contribution in [0.15, 0.2) is 53.1 Å². The fraction of sp³-hybridized carbons (Fsp3) is 0.217. The predicted molar refractivity (Wildman–Crippen MR) is 112 cm³/mol. The van der Waals surface area contributed by atoms with E-state index in [0.29, 0.717) is 23.9 Å². The van der Waals surface area contributed by atoms with E-state index < -0.39 is 5.82 Å². The number of methoxy groups -OCH3 is 1. The number of aromatic nitrogens is 1. The van der Waals surface area contributed by atoms with Crippen LogP contribution < -0.4 is 14.4 Å². The Morgan fingerprint density at radius 2 is 1.97 bits per heavy atom. The van der Waals surface area contributed by atoms with Gasteiger partial charge in [-0.25, -0.2) is 4.39 Å². The molecule has 0 aliphatic heterocycles. The molecule has 1 amide bonds. The molecular formula is C23H23FN2O4. The lowest BCUT2D eigenvalue weighted by atomic mass is 10.1. The molecule has 1 aromatic heterocycles. The number of rotatable bonds is 7. The van der Waals surface area contributed by atoms with Gasteiger partial charge in [-0.3, -0.25) is 4.79 Å². The Kier molecular flexibility index (Phi) is 6.51. The van der Waals surface area contributed by atoms with Gasteiger partial charge in [0.25, 0.3) is 5.91 Å². The summed E-state index contributed by atoms with van der Waals surface area (Å²) in [5.74, 6) is 0.993. The summed E-state index contributed by atoms with van der Waals surface area (Å²) in [6, 6.07) is 11.5. The number of aryl methyl sites for hydroxylation is 2. The molecule has 7 heteroatoms. The minimum atomic E-state index is -0.455. The molecule has 30 heavy (non-hydrogen) atoms. The maximum atomic E-state index is 13.9. The molecule has 0 aliphatic carbocycles. The summed E-state index contributed by atoms with van der Waals surface area (Å²) in [5, 5.41) is 3.91. The maximum absolute atomic E-state index is 13.9. The van der Waals surface area contributed by atoms with Crippen LogP contribution in [0.1, 0.15) is 22.6 Å². The van der Waals surface area contributed by atoms with Crippen molar-refractivity contribution in [2.75, 3.05) is 19.1 Å². The Bertz CT molecular complexity index is 1060. The third-order valence-electron chi connectivity index (χ3n) is 4.70. The second-order valence-electron chi connectivity index (χ2n) is 6.68. The van der Waals surface area contributed by atoms with Crippen LogP contribution in [0.3, 0.4) is 0 Å². The zero-order chi connectivity index (χ0) is 21.7. The number of amides is 1. The van der Waals surface area contributed by atoms with Crippen molar-refractivity contribution in [3.8, 4) is 11.5 Å². The van der Waals surface area contributed by atoms with E-state index in [1.54, 1.807) is 49.6 Å². The second-order valence-corrected chi connectivity index (χ2v) is 6.68. The highest BCUT2D eigenvalue weighted by atomic mass is 19.1. The van der Waals surface area contributed by atoms with Crippen molar-refractivity contribution in [3.05, 3.63) is 76.9 Å². The zero-order valence-electron chi connectivity index (χ0n) is 17.3. The quantitative estimate of drug-likeness (QED) is 0.529. The number of nitrogens with zero attached hydrogens (tertiary/aromatic N) is 2. The molecule has 0 N–H and O–H groups in total. The van der Waals surface area contributed by atoms with Crippen molar-refractivity contribution in [2.24, 2.45) is 0 Å². The van der Waals surface area contributed by atoms with Gasteiger partial charge in [0.2, 0.25) is 0 Å². The number of hydrogen-bond acceptors (Lipinski definition) is 5. The number of carbonyl (C=O) groups excluding carboxylic acids is 1. The number of halogens is 1. The SMILES string of the molecule is COc1cc(C=CC(=O)N(C)c2ccccc2F)ccc1OCc1c(C)noc1C. The summed E-state index contributed by atoms with van der Waals surface area (Å²) >= 11 is 0. The van der Waals surface area contributed by atoms with Gasteiger partial charge >= 0.3 is 0 Å². The monoisotopic (exact) mass is 410 g/mol. The first-order valence-electron chi connectivity index (χ1n) is 9.33. The lowest BCUT2D eigenvalue weighted by molar-refractivity contribution is -0.113. The summed E-state index contributed by atoms with van der Waals surface area (Å²) < 4.78 is 30.3. The highest BCUT2D eigenvalue weighted by Gasteiger charge is 2.13. The van der Waals surface area contributed by atoms with E-state index in [4.69, 9.17) is 14.0 Å². The standard InChI is InChI=1S/C23H23FN2O4/c1-15-18(16(2)30-25-15)14-29-21-11-9-17(13-22(21)28-4)10-12-23(27)26(3)20-8-6-5-7-19(20)24/h5-13H,14H2,1-4H3.